The zero-order valence-electron chi connectivity index (χ0n) is 29.2. The summed E-state index contributed by atoms with van der Waals surface area (Å²) in [4.78, 5) is 21.7. The smallest absolute Gasteiger partial charge is 0.407 e. The molecule has 18 heteroatoms. The van der Waals surface area contributed by atoms with Crippen LogP contribution >= 0.6 is 0 Å². The van der Waals surface area contributed by atoms with Gasteiger partial charge in [-0.1, -0.05) is 82.1 Å². The summed E-state index contributed by atoms with van der Waals surface area (Å²) < 4.78 is 36.8. The van der Waals surface area contributed by atoms with E-state index in [1.54, 1.807) is 20.8 Å². The summed E-state index contributed by atoms with van der Waals surface area (Å²) in [5.74, 6) is 0. The van der Waals surface area contributed by atoms with Crippen LogP contribution in [0.2, 0.25) is 0 Å². The van der Waals surface area contributed by atoms with E-state index in [2.05, 4.69) is 42.0 Å². The Morgan fingerprint density at radius 3 is 2.10 bits per heavy atom. The second-order valence-corrected chi connectivity index (χ2v) is 13.1. The molecule has 52 heavy (non-hydrogen) atoms. The number of azide groups is 3. The van der Waals surface area contributed by atoms with Gasteiger partial charge in [0.05, 0.1) is 50.7 Å². The number of nitrogens with zero attached hydrogens (tertiary/aromatic N) is 9. The van der Waals surface area contributed by atoms with Gasteiger partial charge < -0.3 is 38.8 Å². The number of carbonyl (C=O) groups excluding carboxylic acids is 1. The molecule has 18 nitrogen and oxygen atoms in total. The molecule has 0 spiro atoms. The van der Waals surface area contributed by atoms with E-state index in [0.717, 1.165) is 11.1 Å². The normalized spacial score (nSPS) is 28.6. The Hall–Kier alpha value is -4.86. The maximum absolute atomic E-state index is 12.8. The molecular weight excluding hydrogens is 676 g/mol. The van der Waals surface area contributed by atoms with E-state index >= 15 is 0 Å². The molecule has 2 aromatic carbocycles. The Morgan fingerprint density at radius 2 is 1.54 bits per heavy atom. The number of aliphatic hydroxyl groups is 1. The summed E-state index contributed by atoms with van der Waals surface area (Å²) in [6, 6.07) is 15.4. The second kappa shape index (κ2) is 19.7. The van der Waals surface area contributed by atoms with Crippen LogP contribution in [0.3, 0.4) is 0 Å². The van der Waals surface area contributed by atoms with Crippen LogP contribution in [0.25, 0.3) is 31.3 Å². The zero-order chi connectivity index (χ0) is 37.5. The van der Waals surface area contributed by atoms with Crippen molar-refractivity contribution in [3.05, 3.63) is 116 Å². The number of amides is 1. The lowest BCUT2D eigenvalue weighted by molar-refractivity contribution is -0.301. The topological polar surface area (TPSA) is 251 Å². The van der Waals surface area contributed by atoms with Gasteiger partial charge in [-0.05, 0) is 54.9 Å². The predicted octanol–water partition coefficient (Wildman–Crippen LogP) is 6.16. The molecule has 2 fully saturated rings. The molecule has 1 aliphatic carbocycles. The van der Waals surface area contributed by atoms with E-state index in [-0.39, 0.29) is 32.8 Å². The number of nitrogens with one attached hydrogen (secondary N) is 1. The van der Waals surface area contributed by atoms with E-state index in [4.69, 9.17) is 28.4 Å². The number of aliphatic hydroxyl groups excluding tert-OH is 1. The van der Waals surface area contributed by atoms with Crippen molar-refractivity contribution in [3.63, 3.8) is 0 Å². The molecule has 1 aliphatic heterocycles. The summed E-state index contributed by atoms with van der Waals surface area (Å²) >= 11 is 0. The van der Waals surface area contributed by atoms with Crippen molar-refractivity contribution >= 4 is 6.09 Å². The molecule has 2 aromatic rings. The average Bonchev–Trinajstić information content (AvgIpc) is 3.11. The Morgan fingerprint density at radius 1 is 0.923 bits per heavy atom. The molecule has 278 valence electrons. The number of alkyl carbamates (subject to hydrolysis) is 1. The maximum atomic E-state index is 12.8. The fraction of sp³-hybridized carbons (Fsp3) is 0.559. The molecule has 0 radical (unpaired) electrons. The summed E-state index contributed by atoms with van der Waals surface area (Å²) in [6.45, 7) is 8.76. The average molecular weight is 721 g/mol. The van der Waals surface area contributed by atoms with Crippen LogP contribution in [0.4, 0.5) is 4.79 Å². The quantitative estimate of drug-likeness (QED) is 0.0876. The number of rotatable bonds is 16. The second-order valence-electron chi connectivity index (χ2n) is 13.1. The third kappa shape index (κ3) is 11.3. The fourth-order valence-corrected chi connectivity index (χ4v) is 6.06. The van der Waals surface area contributed by atoms with Gasteiger partial charge in [0.2, 0.25) is 0 Å². The summed E-state index contributed by atoms with van der Waals surface area (Å²) in [7, 11) is 0. The van der Waals surface area contributed by atoms with Crippen molar-refractivity contribution in [2.24, 2.45) is 15.3 Å². The van der Waals surface area contributed by atoms with Gasteiger partial charge in [-0.25, -0.2) is 4.79 Å². The highest BCUT2D eigenvalue weighted by Crippen LogP contribution is 2.35. The number of benzene rings is 2. The molecule has 5 unspecified atom stereocenters. The van der Waals surface area contributed by atoms with Gasteiger partial charge in [-0.2, -0.15) is 0 Å². The summed E-state index contributed by atoms with van der Waals surface area (Å²) in [5.41, 5.74) is 29.4. The van der Waals surface area contributed by atoms with Crippen molar-refractivity contribution in [2.45, 2.75) is 107 Å². The van der Waals surface area contributed by atoms with Gasteiger partial charge >= 0.3 is 6.09 Å². The van der Waals surface area contributed by atoms with Gasteiger partial charge in [0.1, 0.15) is 36.1 Å². The first-order chi connectivity index (χ1) is 25.1. The van der Waals surface area contributed by atoms with Gasteiger partial charge in [-0.3, -0.25) is 0 Å². The number of hydrogen-bond acceptors (Lipinski definition) is 11. The number of carbonyl (C=O) groups is 1. The van der Waals surface area contributed by atoms with Crippen molar-refractivity contribution < 1.29 is 38.3 Å². The molecule has 0 bridgehead atoms. The van der Waals surface area contributed by atoms with Crippen LogP contribution in [0.15, 0.2) is 88.7 Å². The molecule has 2 N–H and O–H groups in total. The fourth-order valence-electron chi connectivity index (χ4n) is 6.06. The van der Waals surface area contributed by atoms with Gasteiger partial charge in [-0.15, -0.1) is 6.58 Å². The molecule has 1 saturated carbocycles. The van der Waals surface area contributed by atoms with Gasteiger partial charge in [0, 0.05) is 14.7 Å². The Balaban J connectivity index is 1.69. The van der Waals surface area contributed by atoms with Crippen LogP contribution in [0.5, 0.6) is 0 Å². The highest BCUT2D eigenvalue weighted by atomic mass is 16.7. The highest BCUT2D eigenvalue weighted by Gasteiger charge is 2.52. The molecule has 1 amide bonds. The molecule has 2 aliphatic rings. The Kier molecular flexibility index (Phi) is 15.1. The van der Waals surface area contributed by atoms with Gasteiger partial charge in [0.15, 0.2) is 6.29 Å². The molecule has 0 aromatic heterocycles. The van der Waals surface area contributed by atoms with E-state index < -0.39 is 72.7 Å². The lowest BCUT2D eigenvalue weighted by atomic mass is 9.83. The minimum Gasteiger partial charge on any atom is -0.444 e. The lowest BCUT2D eigenvalue weighted by Gasteiger charge is -2.48. The van der Waals surface area contributed by atoms with Crippen LogP contribution in [0.1, 0.15) is 38.3 Å². The van der Waals surface area contributed by atoms with E-state index in [0.29, 0.717) is 0 Å². The standard InChI is InChI=1S/C34H44N10O8/c1-5-16-47-28-23(39-33(46)52-34(2,3)4)17-24(40-43-36)29(27(28)45)51-32-26(41-44-37)31(49-20-22-14-10-7-11-15-22)30(25(50-32)18-38-42-35)48-19-21-12-8-6-9-13-21/h5-15,23-32,45H,1,16-20H2,2-4H3,(H,39,46)/t23-,24?,25?,26?,27-,28?,29?,30-,31-,32-/m1/s1. The molecule has 1 saturated heterocycles. The highest BCUT2D eigenvalue weighted by molar-refractivity contribution is 5.68. The number of ether oxygens (including phenoxy) is 6. The first-order valence-corrected chi connectivity index (χ1v) is 16.7. The van der Waals surface area contributed by atoms with E-state index in [1.807, 2.05) is 60.7 Å². The number of hydrogen-bond donors (Lipinski definition) is 2. The van der Waals surface area contributed by atoms with Crippen molar-refractivity contribution in [3.8, 4) is 0 Å². The first-order valence-electron chi connectivity index (χ1n) is 16.7. The van der Waals surface area contributed by atoms with Crippen molar-refractivity contribution in [2.75, 3.05) is 13.2 Å². The minimum absolute atomic E-state index is 0.00151. The zero-order valence-corrected chi connectivity index (χ0v) is 29.2. The summed E-state index contributed by atoms with van der Waals surface area (Å²) in [5, 5.41) is 26.1. The molecule has 4 rings (SSSR count). The van der Waals surface area contributed by atoms with Crippen molar-refractivity contribution in [1.82, 2.24) is 5.32 Å². The Labute approximate surface area is 300 Å². The minimum atomic E-state index is -1.52. The predicted molar refractivity (Wildman–Crippen MR) is 187 cm³/mol. The molecular formula is C34H44N10O8. The third-order valence-electron chi connectivity index (χ3n) is 8.24. The van der Waals surface area contributed by atoms with Gasteiger partial charge in [0.25, 0.3) is 0 Å². The first kappa shape index (κ1) is 39.9. The van der Waals surface area contributed by atoms with Crippen LogP contribution in [-0.2, 0) is 41.6 Å². The van der Waals surface area contributed by atoms with Crippen molar-refractivity contribution in [1.29, 1.82) is 0 Å². The molecule has 1 heterocycles. The summed E-state index contributed by atoms with van der Waals surface area (Å²) in [6.07, 6.45) is -7.62. The van der Waals surface area contributed by atoms with E-state index in [1.165, 1.54) is 6.08 Å². The maximum Gasteiger partial charge on any atom is 0.407 e. The Bertz CT molecular complexity index is 1600. The SMILES string of the molecule is C=CCOC1[C@@H](O)C(O[C@H]2OC(CN=[N+]=[N-])[C@@H](OCc3ccccc3)[C@H](OCc3ccccc3)C2N=[N+]=[N-])C(N=[N+]=[N-])C[C@H]1NC(=O)OC(C)(C)C. The molecule has 10 atom stereocenters. The van der Waals surface area contributed by atoms with Crippen LogP contribution in [-0.4, -0.2) is 91.0 Å². The van der Waals surface area contributed by atoms with E-state index in [9.17, 15) is 26.5 Å². The lowest BCUT2D eigenvalue weighted by Crippen LogP contribution is -2.65. The van der Waals surface area contributed by atoms with Crippen LogP contribution in [0, 0.1) is 0 Å². The monoisotopic (exact) mass is 720 g/mol. The largest absolute Gasteiger partial charge is 0.444 e. The third-order valence-corrected chi connectivity index (χ3v) is 8.24. The van der Waals surface area contributed by atoms with Crippen LogP contribution < -0.4 is 5.32 Å².